The van der Waals surface area contributed by atoms with Crippen molar-refractivity contribution in [1.82, 2.24) is 14.4 Å². The van der Waals surface area contributed by atoms with Crippen LogP contribution in [-0.2, 0) is 13.6 Å². The molecule has 21 heavy (non-hydrogen) atoms. The molecule has 112 valence electrons. The Morgan fingerprint density at radius 1 is 1.19 bits per heavy atom. The average Bonchev–Trinajstić information content (AvgIpc) is 2.78. The Morgan fingerprint density at radius 3 is 2.57 bits per heavy atom. The quantitative estimate of drug-likeness (QED) is 0.932. The highest BCUT2D eigenvalue weighted by Gasteiger charge is 2.18. The van der Waals surface area contributed by atoms with Gasteiger partial charge in [0.2, 0.25) is 0 Å². The zero-order valence-corrected chi connectivity index (χ0v) is 12.5. The summed E-state index contributed by atoms with van der Waals surface area (Å²) in [5, 5.41) is 10.4. The zero-order chi connectivity index (χ0) is 15.0. The summed E-state index contributed by atoms with van der Waals surface area (Å²) in [7, 11) is 4.07. The summed E-state index contributed by atoms with van der Waals surface area (Å²) >= 11 is 0. The molecule has 0 atom stereocenters. The molecule has 5 heteroatoms. The lowest BCUT2D eigenvalue weighted by Gasteiger charge is -2.32. The molecule has 0 amide bonds. The van der Waals surface area contributed by atoms with Crippen molar-refractivity contribution < 1.29 is 9.90 Å². The van der Waals surface area contributed by atoms with Gasteiger partial charge >= 0.3 is 5.97 Å². The third kappa shape index (κ3) is 2.66. The van der Waals surface area contributed by atoms with E-state index in [0.29, 0.717) is 5.56 Å². The Bertz CT molecular complexity index is 669. The lowest BCUT2D eigenvalue weighted by atomic mass is 10.1. The fraction of sp³-hybridized carbons (Fsp3) is 0.438. The number of fused-ring (bicyclic) bond motifs is 1. The number of para-hydroxylation sites is 1. The van der Waals surface area contributed by atoms with Gasteiger partial charge in [-0.2, -0.15) is 0 Å². The molecule has 1 aromatic heterocycles. The topological polar surface area (TPSA) is 48.7 Å². The minimum Gasteiger partial charge on any atom is -0.478 e. The maximum absolute atomic E-state index is 11.4. The number of nitrogens with zero attached hydrogens (tertiary/aromatic N) is 3. The predicted octanol–water partition coefficient (Wildman–Crippen LogP) is 1.62. The third-order valence-electron chi connectivity index (χ3n) is 4.30. The van der Waals surface area contributed by atoms with Crippen LogP contribution < -0.4 is 0 Å². The van der Waals surface area contributed by atoms with E-state index in [1.54, 1.807) is 6.07 Å². The van der Waals surface area contributed by atoms with Gasteiger partial charge in [0.05, 0.1) is 11.1 Å². The Morgan fingerprint density at radius 2 is 1.90 bits per heavy atom. The average molecular weight is 287 g/mol. The van der Waals surface area contributed by atoms with Crippen molar-refractivity contribution in [2.24, 2.45) is 7.05 Å². The van der Waals surface area contributed by atoms with Gasteiger partial charge in [-0.05, 0) is 18.7 Å². The summed E-state index contributed by atoms with van der Waals surface area (Å²) < 4.78 is 1.93. The SMILES string of the molecule is CN1CCN(Cc2cn(C)c3c(C(=O)O)cccc23)CC1. The second kappa shape index (κ2) is 5.50. The number of carboxylic acid groups (broad SMARTS) is 1. The van der Waals surface area contributed by atoms with Crippen molar-refractivity contribution >= 4 is 16.9 Å². The summed E-state index contributed by atoms with van der Waals surface area (Å²) in [6.07, 6.45) is 2.06. The van der Waals surface area contributed by atoms with E-state index in [0.717, 1.165) is 43.6 Å². The Hall–Kier alpha value is -1.85. The van der Waals surface area contributed by atoms with Crippen LogP contribution in [0.15, 0.2) is 24.4 Å². The van der Waals surface area contributed by atoms with E-state index in [9.17, 15) is 9.90 Å². The molecule has 1 aliphatic rings. The van der Waals surface area contributed by atoms with Crippen LogP contribution in [0.3, 0.4) is 0 Å². The molecule has 0 radical (unpaired) electrons. The Labute approximate surface area is 124 Å². The van der Waals surface area contributed by atoms with Crippen LogP contribution in [0, 0.1) is 0 Å². The van der Waals surface area contributed by atoms with E-state index >= 15 is 0 Å². The minimum atomic E-state index is -0.868. The fourth-order valence-corrected chi connectivity index (χ4v) is 3.10. The Balaban J connectivity index is 1.93. The van der Waals surface area contributed by atoms with Crippen LogP contribution in [0.5, 0.6) is 0 Å². The molecular weight excluding hydrogens is 266 g/mol. The number of aromatic nitrogens is 1. The summed E-state index contributed by atoms with van der Waals surface area (Å²) in [5.74, 6) is -0.868. The fourth-order valence-electron chi connectivity index (χ4n) is 3.10. The monoisotopic (exact) mass is 287 g/mol. The van der Waals surface area contributed by atoms with Gasteiger partial charge in [0, 0.05) is 51.4 Å². The van der Waals surface area contributed by atoms with Crippen LogP contribution in [0.4, 0.5) is 0 Å². The molecule has 3 rings (SSSR count). The van der Waals surface area contributed by atoms with E-state index in [1.165, 1.54) is 5.56 Å². The molecule has 1 aromatic carbocycles. The van der Waals surface area contributed by atoms with Crippen LogP contribution in [0.25, 0.3) is 10.9 Å². The van der Waals surface area contributed by atoms with Crippen LogP contribution in [0.2, 0.25) is 0 Å². The molecule has 0 unspecified atom stereocenters. The Kier molecular flexibility index (Phi) is 3.69. The van der Waals surface area contributed by atoms with Gasteiger partial charge in [-0.3, -0.25) is 4.90 Å². The molecule has 2 heterocycles. The molecule has 0 spiro atoms. The first-order valence-electron chi connectivity index (χ1n) is 7.27. The van der Waals surface area contributed by atoms with E-state index in [1.807, 2.05) is 23.7 Å². The van der Waals surface area contributed by atoms with Gasteiger partial charge in [-0.15, -0.1) is 0 Å². The van der Waals surface area contributed by atoms with Crippen molar-refractivity contribution in [3.8, 4) is 0 Å². The predicted molar refractivity (Wildman–Crippen MR) is 82.7 cm³/mol. The number of carbonyl (C=O) groups is 1. The normalized spacial score (nSPS) is 17.4. The molecule has 5 nitrogen and oxygen atoms in total. The second-order valence-electron chi connectivity index (χ2n) is 5.85. The minimum absolute atomic E-state index is 0.375. The number of aromatic carboxylic acids is 1. The molecule has 1 saturated heterocycles. The van der Waals surface area contributed by atoms with Crippen LogP contribution in [0.1, 0.15) is 15.9 Å². The van der Waals surface area contributed by atoms with Crippen molar-refractivity contribution in [1.29, 1.82) is 0 Å². The van der Waals surface area contributed by atoms with E-state index in [-0.39, 0.29) is 0 Å². The molecule has 0 bridgehead atoms. The molecule has 1 fully saturated rings. The number of benzene rings is 1. The van der Waals surface area contributed by atoms with Gasteiger partial charge in [-0.1, -0.05) is 12.1 Å². The van der Waals surface area contributed by atoms with Crippen molar-refractivity contribution in [2.45, 2.75) is 6.54 Å². The maximum atomic E-state index is 11.4. The molecular formula is C16H21N3O2. The highest BCUT2D eigenvalue weighted by molar-refractivity contribution is 6.03. The number of rotatable bonds is 3. The summed E-state index contributed by atoms with van der Waals surface area (Å²) in [5.41, 5.74) is 2.40. The maximum Gasteiger partial charge on any atom is 0.337 e. The molecule has 2 aromatic rings. The number of piperazine rings is 1. The van der Waals surface area contributed by atoms with Crippen LogP contribution in [-0.4, -0.2) is 58.7 Å². The standard InChI is InChI=1S/C16H21N3O2/c1-17-6-8-19(9-7-17)11-12-10-18(2)15-13(12)4-3-5-14(15)16(20)21/h3-5,10H,6-9,11H2,1-2H3,(H,20,21). The smallest absolute Gasteiger partial charge is 0.337 e. The van der Waals surface area contributed by atoms with Crippen molar-refractivity contribution in [2.75, 3.05) is 33.2 Å². The van der Waals surface area contributed by atoms with Gasteiger partial charge in [-0.25, -0.2) is 4.79 Å². The lowest BCUT2D eigenvalue weighted by molar-refractivity contribution is 0.0698. The lowest BCUT2D eigenvalue weighted by Crippen LogP contribution is -2.43. The second-order valence-corrected chi connectivity index (χ2v) is 5.85. The molecule has 0 saturated carbocycles. The first-order valence-corrected chi connectivity index (χ1v) is 7.27. The van der Waals surface area contributed by atoms with Gasteiger partial charge in [0.25, 0.3) is 0 Å². The van der Waals surface area contributed by atoms with E-state index < -0.39 is 5.97 Å². The van der Waals surface area contributed by atoms with Crippen molar-refractivity contribution in [3.63, 3.8) is 0 Å². The van der Waals surface area contributed by atoms with E-state index in [2.05, 4.69) is 23.0 Å². The molecule has 1 N–H and O–H groups in total. The third-order valence-corrected chi connectivity index (χ3v) is 4.30. The molecule has 0 aliphatic carbocycles. The van der Waals surface area contributed by atoms with Gasteiger partial charge in [0.1, 0.15) is 0 Å². The number of carboxylic acids is 1. The number of aryl methyl sites for hydroxylation is 1. The van der Waals surface area contributed by atoms with E-state index in [4.69, 9.17) is 0 Å². The van der Waals surface area contributed by atoms with Gasteiger partial charge < -0.3 is 14.6 Å². The largest absolute Gasteiger partial charge is 0.478 e. The first-order chi connectivity index (χ1) is 10.1. The summed E-state index contributed by atoms with van der Waals surface area (Å²) in [4.78, 5) is 16.1. The highest BCUT2D eigenvalue weighted by atomic mass is 16.4. The highest BCUT2D eigenvalue weighted by Crippen LogP contribution is 2.25. The number of likely N-dealkylation sites (N-methyl/N-ethyl adjacent to an activating group) is 1. The van der Waals surface area contributed by atoms with Crippen molar-refractivity contribution in [3.05, 3.63) is 35.5 Å². The van der Waals surface area contributed by atoms with Crippen LogP contribution >= 0.6 is 0 Å². The first kappa shape index (κ1) is 14.1. The number of hydrogen-bond acceptors (Lipinski definition) is 3. The zero-order valence-electron chi connectivity index (χ0n) is 12.5. The molecule has 1 aliphatic heterocycles. The van der Waals surface area contributed by atoms with Gasteiger partial charge in [0.15, 0.2) is 0 Å². The summed E-state index contributed by atoms with van der Waals surface area (Å²) in [6.45, 7) is 5.18. The summed E-state index contributed by atoms with van der Waals surface area (Å²) in [6, 6.07) is 5.52. The number of hydrogen-bond donors (Lipinski definition) is 1.